The first-order valence-corrected chi connectivity index (χ1v) is 7.58. The van der Waals surface area contributed by atoms with Gasteiger partial charge in [-0.15, -0.1) is 0 Å². The molecular formula is C17H25NO3. The van der Waals surface area contributed by atoms with Gasteiger partial charge in [-0.1, -0.05) is 30.3 Å². The first-order chi connectivity index (χ1) is 9.87. The normalized spacial score (nSPS) is 21.0. The van der Waals surface area contributed by atoms with Gasteiger partial charge >= 0.3 is 6.09 Å². The molecule has 2 atom stereocenters. The summed E-state index contributed by atoms with van der Waals surface area (Å²) < 4.78 is 5.42. The van der Waals surface area contributed by atoms with Gasteiger partial charge in [0.05, 0.1) is 6.10 Å². The predicted molar refractivity (Wildman–Crippen MR) is 81.9 cm³/mol. The fraction of sp³-hybridized carbons (Fsp3) is 0.588. The van der Waals surface area contributed by atoms with E-state index in [0.29, 0.717) is 13.1 Å². The molecule has 1 aromatic carbocycles. The van der Waals surface area contributed by atoms with E-state index in [-0.39, 0.29) is 12.0 Å². The van der Waals surface area contributed by atoms with Gasteiger partial charge in [0.2, 0.25) is 0 Å². The van der Waals surface area contributed by atoms with Crippen molar-refractivity contribution in [3.63, 3.8) is 0 Å². The lowest BCUT2D eigenvalue weighted by atomic mass is 9.89. The Morgan fingerprint density at radius 1 is 1.33 bits per heavy atom. The Hall–Kier alpha value is -1.55. The first kappa shape index (κ1) is 15.8. The quantitative estimate of drug-likeness (QED) is 0.909. The number of ether oxygens (including phenoxy) is 1. The third-order valence-electron chi connectivity index (χ3n) is 3.70. The van der Waals surface area contributed by atoms with E-state index in [1.807, 2.05) is 51.1 Å². The van der Waals surface area contributed by atoms with Gasteiger partial charge in [-0.2, -0.15) is 0 Å². The van der Waals surface area contributed by atoms with Crippen molar-refractivity contribution in [2.45, 2.75) is 45.3 Å². The van der Waals surface area contributed by atoms with Crippen molar-refractivity contribution in [2.24, 2.45) is 5.92 Å². The molecule has 1 aromatic rings. The second kappa shape index (κ2) is 6.48. The molecular weight excluding hydrogens is 266 g/mol. The summed E-state index contributed by atoms with van der Waals surface area (Å²) in [5, 5.41) is 10.5. The number of carbonyl (C=O) groups is 1. The number of hydrogen-bond acceptors (Lipinski definition) is 3. The number of amides is 1. The van der Waals surface area contributed by atoms with Crippen molar-refractivity contribution in [3.8, 4) is 0 Å². The van der Waals surface area contributed by atoms with Crippen molar-refractivity contribution in [1.82, 2.24) is 4.90 Å². The molecule has 1 unspecified atom stereocenters. The second-order valence-corrected chi connectivity index (χ2v) is 6.68. The minimum Gasteiger partial charge on any atom is -0.444 e. The predicted octanol–water partition coefficient (Wildman–Crippen LogP) is 3.37. The van der Waals surface area contributed by atoms with Crippen LogP contribution >= 0.6 is 0 Å². The highest BCUT2D eigenvalue weighted by atomic mass is 16.6. The summed E-state index contributed by atoms with van der Waals surface area (Å²) >= 11 is 0. The Morgan fingerprint density at radius 2 is 2.00 bits per heavy atom. The van der Waals surface area contributed by atoms with E-state index in [1.54, 1.807) is 4.90 Å². The highest BCUT2D eigenvalue weighted by Gasteiger charge is 2.31. The number of benzene rings is 1. The van der Waals surface area contributed by atoms with Crippen LogP contribution in [0, 0.1) is 5.92 Å². The SMILES string of the molecule is CC(C)(C)OC(=O)N1CCC[C@H](C(O)c2ccccc2)C1. The number of likely N-dealkylation sites (tertiary alicyclic amines) is 1. The number of aliphatic hydroxyl groups is 1. The summed E-state index contributed by atoms with van der Waals surface area (Å²) in [7, 11) is 0. The Balaban J connectivity index is 1.99. The third kappa shape index (κ3) is 4.46. The zero-order chi connectivity index (χ0) is 15.5. The van der Waals surface area contributed by atoms with Crippen LogP contribution in [0.1, 0.15) is 45.3 Å². The fourth-order valence-electron chi connectivity index (χ4n) is 2.68. The largest absolute Gasteiger partial charge is 0.444 e. The molecule has 0 spiro atoms. The lowest BCUT2D eigenvalue weighted by molar-refractivity contribution is 0.00239. The minimum absolute atomic E-state index is 0.0636. The molecule has 0 bridgehead atoms. The van der Waals surface area contributed by atoms with Gasteiger partial charge in [0, 0.05) is 19.0 Å². The van der Waals surface area contributed by atoms with E-state index in [1.165, 1.54) is 0 Å². The molecule has 1 N–H and O–H groups in total. The van der Waals surface area contributed by atoms with Crippen LogP contribution in [0.2, 0.25) is 0 Å². The summed E-state index contributed by atoms with van der Waals surface area (Å²) in [6, 6.07) is 9.64. The molecule has 0 aromatic heterocycles. The number of piperidine rings is 1. The van der Waals surface area contributed by atoms with Crippen molar-refractivity contribution in [2.75, 3.05) is 13.1 Å². The van der Waals surface area contributed by atoms with Gasteiger partial charge < -0.3 is 14.7 Å². The Labute approximate surface area is 126 Å². The van der Waals surface area contributed by atoms with E-state index in [2.05, 4.69) is 0 Å². The van der Waals surface area contributed by atoms with Crippen molar-refractivity contribution in [1.29, 1.82) is 0 Å². The van der Waals surface area contributed by atoms with E-state index >= 15 is 0 Å². The van der Waals surface area contributed by atoms with Gasteiger partial charge in [-0.3, -0.25) is 0 Å². The molecule has 0 radical (unpaired) electrons. The van der Waals surface area contributed by atoms with Crippen LogP contribution in [0.4, 0.5) is 4.79 Å². The van der Waals surface area contributed by atoms with Crippen LogP contribution in [0.15, 0.2) is 30.3 Å². The maximum atomic E-state index is 12.1. The van der Waals surface area contributed by atoms with Gasteiger partial charge in [-0.25, -0.2) is 4.79 Å². The number of nitrogens with zero attached hydrogens (tertiary/aromatic N) is 1. The molecule has 2 rings (SSSR count). The first-order valence-electron chi connectivity index (χ1n) is 7.58. The molecule has 1 aliphatic heterocycles. The molecule has 4 nitrogen and oxygen atoms in total. The summed E-state index contributed by atoms with van der Waals surface area (Å²) in [4.78, 5) is 13.9. The zero-order valence-corrected chi connectivity index (χ0v) is 13.1. The van der Waals surface area contributed by atoms with E-state index in [0.717, 1.165) is 18.4 Å². The third-order valence-corrected chi connectivity index (χ3v) is 3.70. The van der Waals surface area contributed by atoms with Crippen LogP contribution in [0.3, 0.4) is 0 Å². The minimum atomic E-state index is -0.531. The van der Waals surface area contributed by atoms with E-state index in [9.17, 15) is 9.90 Å². The Morgan fingerprint density at radius 3 is 2.62 bits per heavy atom. The monoisotopic (exact) mass is 291 g/mol. The van der Waals surface area contributed by atoms with Crippen LogP contribution < -0.4 is 0 Å². The lowest BCUT2D eigenvalue weighted by Crippen LogP contribution is -2.44. The number of rotatable bonds is 2. The smallest absolute Gasteiger partial charge is 0.410 e. The molecule has 1 amide bonds. The maximum absolute atomic E-state index is 12.1. The van der Waals surface area contributed by atoms with Crippen molar-refractivity contribution >= 4 is 6.09 Å². The fourth-order valence-corrected chi connectivity index (χ4v) is 2.68. The molecule has 21 heavy (non-hydrogen) atoms. The second-order valence-electron chi connectivity index (χ2n) is 6.68. The number of carbonyl (C=O) groups excluding carboxylic acids is 1. The molecule has 0 saturated carbocycles. The Kier molecular flexibility index (Phi) is 4.88. The molecule has 1 heterocycles. The lowest BCUT2D eigenvalue weighted by Gasteiger charge is -2.36. The molecule has 1 saturated heterocycles. The van der Waals surface area contributed by atoms with Gasteiger partial charge in [-0.05, 0) is 39.2 Å². The summed E-state index contributed by atoms with van der Waals surface area (Å²) in [6.07, 6.45) is 1.01. The molecule has 116 valence electrons. The maximum Gasteiger partial charge on any atom is 0.410 e. The van der Waals surface area contributed by atoms with Crippen LogP contribution in [-0.4, -0.2) is 34.8 Å². The number of aliphatic hydroxyl groups excluding tert-OH is 1. The van der Waals surface area contributed by atoms with Crippen LogP contribution in [-0.2, 0) is 4.74 Å². The summed E-state index contributed by atoms with van der Waals surface area (Å²) in [6.45, 7) is 6.85. The standard InChI is InChI=1S/C17H25NO3/c1-17(2,3)21-16(20)18-11-7-10-14(12-18)15(19)13-8-5-4-6-9-13/h4-6,8-9,14-15,19H,7,10-12H2,1-3H3/t14-,15?/m0/s1. The topological polar surface area (TPSA) is 49.8 Å². The highest BCUT2D eigenvalue weighted by Crippen LogP contribution is 2.30. The molecule has 0 aliphatic carbocycles. The van der Waals surface area contributed by atoms with Gasteiger partial charge in [0.15, 0.2) is 0 Å². The van der Waals surface area contributed by atoms with Crippen molar-refractivity contribution < 1.29 is 14.6 Å². The zero-order valence-electron chi connectivity index (χ0n) is 13.1. The average molecular weight is 291 g/mol. The Bertz CT molecular complexity index is 467. The van der Waals surface area contributed by atoms with Crippen LogP contribution in [0.25, 0.3) is 0 Å². The number of hydrogen-bond donors (Lipinski definition) is 1. The molecule has 1 fully saturated rings. The summed E-state index contributed by atoms with van der Waals surface area (Å²) in [5.41, 5.74) is 0.427. The van der Waals surface area contributed by atoms with Crippen molar-refractivity contribution in [3.05, 3.63) is 35.9 Å². The average Bonchev–Trinajstić information content (AvgIpc) is 2.46. The van der Waals surface area contributed by atoms with Gasteiger partial charge in [0.25, 0.3) is 0 Å². The van der Waals surface area contributed by atoms with Gasteiger partial charge in [0.1, 0.15) is 5.60 Å². The highest BCUT2D eigenvalue weighted by molar-refractivity contribution is 5.68. The molecule has 1 aliphatic rings. The summed E-state index contributed by atoms with van der Waals surface area (Å²) in [5.74, 6) is 0.0636. The van der Waals surface area contributed by atoms with Crippen LogP contribution in [0.5, 0.6) is 0 Å². The van der Waals surface area contributed by atoms with E-state index in [4.69, 9.17) is 4.74 Å². The van der Waals surface area contributed by atoms with E-state index < -0.39 is 11.7 Å². The molecule has 4 heteroatoms.